The molecule has 0 N–H and O–H groups in total. The van der Waals surface area contributed by atoms with Crippen LogP contribution in [0.15, 0.2) is 47.0 Å². The molecule has 0 aliphatic carbocycles. The Balaban J connectivity index is 1.44. The average Bonchev–Trinajstić information content (AvgIpc) is 3.34. The Kier molecular flexibility index (Phi) is 3.95. The number of rotatable bonds is 4. The van der Waals surface area contributed by atoms with Crippen LogP contribution in [0.2, 0.25) is 0 Å². The van der Waals surface area contributed by atoms with E-state index in [-0.39, 0.29) is 24.9 Å². The van der Waals surface area contributed by atoms with Gasteiger partial charge in [-0.05, 0) is 36.4 Å². The van der Waals surface area contributed by atoms with Crippen LogP contribution in [0.1, 0.15) is 21.8 Å². The Morgan fingerprint density at radius 1 is 1.19 bits per heavy atom. The van der Waals surface area contributed by atoms with Gasteiger partial charge in [-0.15, -0.1) is 0 Å². The zero-order valence-electron chi connectivity index (χ0n) is 13.3. The molecule has 8 nitrogen and oxygen atoms in total. The minimum Gasteiger partial charge on any atom is -0.454 e. The standard InChI is InChI=1S/C18H11N3O5/c19-8-11-2-1-3-13(6-11)18(22)23-9-16-20-17(21-26-16)12-4-5-14-15(7-12)25-10-24-14/h1-7H,9-10H2. The van der Waals surface area contributed by atoms with E-state index in [1.165, 1.54) is 6.07 Å². The summed E-state index contributed by atoms with van der Waals surface area (Å²) in [6.45, 7) is 0.00635. The number of carbonyl (C=O) groups is 1. The number of benzene rings is 2. The molecule has 0 saturated heterocycles. The molecule has 1 aromatic heterocycles. The summed E-state index contributed by atoms with van der Waals surface area (Å²) in [5.74, 6) is 1.19. The quantitative estimate of drug-likeness (QED) is 0.662. The van der Waals surface area contributed by atoms with Gasteiger partial charge in [-0.3, -0.25) is 0 Å². The van der Waals surface area contributed by atoms with Crippen molar-refractivity contribution in [2.75, 3.05) is 6.79 Å². The molecule has 128 valence electrons. The van der Waals surface area contributed by atoms with Gasteiger partial charge in [0.15, 0.2) is 18.1 Å². The summed E-state index contributed by atoms with van der Waals surface area (Å²) in [6, 6.07) is 13.5. The highest BCUT2D eigenvalue weighted by Gasteiger charge is 2.17. The number of hydrogen-bond acceptors (Lipinski definition) is 8. The SMILES string of the molecule is N#Cc1cccc(C(=O)OCc2nc(-c3ccc4c(c3)OCO4)no2)c1. The van der Waals surface area contributed by atoms with Gasteiger partial charge in [0, 0.05) is 5.56 Å². The maximum Gasteiger partial charge on any atom is 0.338 e. The Bertz CT molecular complexity index is 1020. The molecule has 0 amide bonds. The molecule has 2 heterocycles. The van der Waals surface area contributed by atoms with E-state index in [0.29, 0.717) is 28.5 Å². The second-order valence-corrected chi connectivity index (χ2v) is 5.35. The number of ether oxygens (including phenoxy) is 3. The van der Waals surface area contributed by atoms with Gasteiger partial charge >= 0.3 is 5.97 Å². The number of fused-ring (bicyclic) bond motifs is 1. The molecular formula is C18H11N3O5. The topological polar surface area (TPSA) is 107 Å². The number of aromatic nitrogens is 2. The predicted molar refractivity (Wildman–Crippen MR) is 86.1 cm³/mol. The first-order chi connectivity index (χ1) is 12.7. The number of hydrogen-bond donors (Lipinski definition) is 0. The smallest absolute Gasteiger partial charge is 0.338 e. The molecule has 0 saturated carbocycles. The van der Waals surface area contributed by atoms with E-state index in [9.17, 15) is 4.79 Å². The number of carbonyl (C=O) groups excluding carboxylic acids is 1. The van der Waals surface area contributed by atoms with Gasteiger partial charge in [0.1, 0.15) is 0 Å². The third-order valence-electron chi connectivity index (χ3n) is 3.65. The van der Waals surface area contributed by atoms with E-state index in [0.717, 1.165) is 0 Å². The second kappa shape index (κ2) is 6.57. The zero-order chi connectivity index (χ0) is 17.9. The number of esters is 1. The summed E-state index contributed by atoms with van der Waals surface area (Å²) in [5.41, 5.74) is 1.35. The number of nitriles is 1. The lowest BCUT2D eigenvalue weighted by Crippen LogP contribution is -2.05. The minimum absolute atomic E-state index is 0.155. The van der Waals surface area contributed by atoms with E-state index in [1.54, 1.807) is 36.4 Å². The summed E-state index contributed by atoms with van der Waals surface area (Å²) in [4.78, 5) is 16.2. The molecule has 4 rings (SSSR count). The molecule has 0 radical (unpaired) electrons. The van der Waals surface area contributed by atoms with Crippen molar-refractivity contribution >= 4 is 5.97 Å². The van der Waals surface area contributed by atoms with Gasteiger partial charge in [-0.1, -0.05) is 11.2 Å². The van der Waals surface area contributed by atoms with Crippen molar-refractivity contribution in [2.24, 2.45) is 0 Å². The van der Waals surface area contributed by atoms with Gasteiger partial charge < -0.3 is 18.7 Å². The average molecular weight is 349 g/mol. The maximum atomic E-state index is 12.0. The van der Waals surface area contributed by atoms with Gasteiger partial charge in [0.05, 0.1) is 17.2 Å². The third kappa shape index (κ3) is 3.06. The molecule has 0 atom stereocenters. The van der Waals surface area contributed by atoms with Crippen molar-refractivity contribution in [2.45, 2.75) is 6.61 Å². The van der Waals surface area contributed by atoms with Crippen LogP contribution in [0.3, 0.4) is 0 Å². The summed E-state index contributed by atoms with van der Waals surface area (Å²) >= 11 is 0. The minimum atomic E-state index is -0.579. The van der Waals surface area contributed by atoms with Crippen molar-refractivity contribution < 1.29 is 23.5 Å². The molecule has 0 fully saturated rings. The monoisotopic (exact) mass is 349 g/mol. The zero-order valence-corrected chi connectivity index (χ0v) is 13.3. The maximum absolute atomic E-state index is 12.0. The van der Waals surface area contributed by atoms with Crippen LogP contribution in [-0.4, -0.2) is 22.9 Å². The molecule has 1 aliphatic heterocycles. The van der Waals surface area contributed by atoms with Gasteiger partial charge in [0.25, 0.3) is 5.89 Å². The largest absolute Gasteiger partial charge is 0.454 e. The number of nitrogens with zero attached hydrogens (tertiary/aromatic N) is 3. The van der Waals surface area contributed by atoms with E-state index >= 15 is 0 Å². The summed E-state index contributed by atoms with van der Waals surface area (Å²) in [7, 11) is 0. The highest BCUT2D eigenvalue weighted by Crippen LogP contribution is 2.35. The van der Waals surface area contributed by atoms with E-state index in [4.69, 9.17) is 24.0 Å². The van der Waals surface area contributed by atoms with Crippen molar-refractivity contribution in [1.82, 2.24) is 10.1 Å². The molecule has 26 heavy (non-hydrogen) atoms. The van der Waals surface area contributed by atoms with Crippen molar-refractivity contribution in [3.8, 4) is 29.0 Å². The van der Waals surface area contributed by atoms with Crippen LogP contribution in [-0.2, 0) is 11.3 Å². The molecule has 2 aromatic carbocycles. The first-order valence-corrected chi connectivity index (χ1v) is 7.63. The molecule has 0 spiro atoms. The Labute approximate surface area is 147 Å². The van der Waals surface area contributed by atoms with E-state index < -0.39 is 5.97 Å². The lowest BCUT2D eigenvalue weighted by molar-refractivity contribution is 0.0430. The Hall–Kier alpha value is -3.86. The fourth-order valence-corrected chi connectivity index (χ4v) is 2.39. The van der Waals surface area contributed by atoms with Crippen molar-refractivity contribution in [1.29, 1.82) is 5.26 Å². The first-order valence-electron chi connectivity index (χ1n) is 7.63. The van der Waals surface area contributed by atoms with Gasteiger partial charge in [0.2, 0.25) is 12.6 Å². The van der Waals surface area contributed by atoms with Crippen LogP contribution in [0.25, 0.3) is 11.4 Å². The molecule has 3 aromatic rings. The Morgan fingerprint density at radius 3 is 2.96 bits per heavy atom. The fraction of sp³-hybridized carbons (Fsp3) is 0.111. The molecule has 0 bridgehead atoms. The van der Waals surface area contributed by atoms with Crippen molar-refractivity contribution in [3.63, 3.8) is 0 Å². The molecule has 1 aliphatic rings. The Morgan fingerprint density at radius 2 is 2.08 bits per heavy atom. The fourth-order valence-electron chi connectivity index (χ4n) is 2.39. The molecule has 8 heteroatoms. The highest BCUT2D eigenvalue weighted by molar-refractivity contribution is 5.89. The third-order valence-corrected chi connectivity index (χ3v) is 3.65. The molecule has 0 unspecified atom stereocenters. The lowest BCUT2D eigenvalue weighted by Gasteiger charge is -2.01. The predicted octanol–water partition coefficient (Wildman–Crippen LogP) is 2.69. The van der Waals surface area contributed by atoms with E-state index in [2.05, 4.69) is 10.1 Å². The van der Waals surface area contributed by atoms with Crippen LogP contribution < -0.4 is 9.47 Å². The van der Waals surface area contributed by atoms with Gasteiger partial charge in [-0.25, -0.2) is 4.79 Å². The highest BCUT2D eigenvalue weighted by atomic mass is 16.7. The van der Waals surface area contributed by atoms with Gasteiger partial charge in [-0.2, -0.15) is 10.2 Å². The first kappa shape index (κ1) is 15.7. The normalized spacial score (nSPS) is 11.8. The van der Waals surface area contributed by atoms with E-state index in [1.807, 2.05) is 6.07 Å². The van der Waals surface area contributed by atoms with Crippen LogP contribution in [0.5, 0.6) is 11.5 Å². The lowest BCUT2D eigenvalue weighted by atomic mass is 10.1. The van der Waals surface area contributed by atoms with Crippen molar-refractivity contribution in [3.05, 3.63) is 59.5 Å². The second-order valence-electron chi connectivity index (χ2n) is 5.35. The summed E-state index contributed by atoms with van der Waals surface area (Å²) in [5, 5.41) is 12.7. The van der Waals surface area contributed by atoms with Crippen LogP contribution >= 0.6 is 0 Å². The summed E-state index contributed by atoms with van der Waals surface area (Å²) < 4.78 is 20.8. The molecular weight excluding hydrogens is 338 g/mol. The summed E-state index contributed by atoms with van der Waals surface area (Å²) in [6.07, 6.45) is 0. The van der Waals surface area contributed by atoms with Crippen LogP contribution in [0, 0.1) is 11.3 Å². The van der Waals surface area contributed by atoms with Crippen LogP contribution in [0.4, 0.5) is 0 Å².